The van der Waals surface area contributed by atoms with Gasteiger partial charge in [-0.3, -0.25) is 37.3 Å². The number of esters is 4. The Kier molecular flexibility index (Phi) is 78.2. The summed E-state index contributed by atoms with van der Waals surface area (Å²) < 4.78 is 68.9. The lowest BCUT2D eigenvalue weighted by molar-refractivity contribution is -0.161. The zero-order valence-corrected chi connectivity index (χ0v) is 71.4. The number of aliphatic hydroxyl groups is 1. The number of carbonyl (C=O) groups excluding carboxylic acids is 4. The maximum atomic E-state index is 13.2. The fourth-order valence-corrected chi connectivity index (χ4v) is 15.2. The Balaban J connectivity index is 5.24. The molecular formula is C87H170O17P2. The Morgan fingerprint density at radius 2 is 0.434 bits per heavy atom. The van der Waals surface area contributed by atoms with Gasteiger partial charge in [0.05, 0.1) is 26.4 Å². The summed E-state index contributed by atoms with van der Waals surface area (Å²) in [6.45, 7) is 7.36. The van der Waals surface area contributed by atoms with Crippen LogP contribution in [0, 0.1) is 5.92 Å². The van der Waals surface area contributed by atoms with E-state index in [-0.39, 0.29) is 25.7 Å². The minimum Gasteiger partial charge on any atom is -0.462 e. The van der Waals surface area contributed by atoms with Crippen LogP contribution in [0.2, 0.25) is 0 Å². The molecule has 0 saturated carbocycles. The second-order valence-electron chi connectivity index (χ2n) is 31.8. The summed E-state index contributed by atoms with van der Waals surface area (Å²) in [7, 11) is -9.93. The normalized spacial score (nSPS) is 13.7. The molecule has 0 amide bonds. The van der Waals surface area contributed by atoms with Crippen molar-refractivity contribution in [3.8, 4) is 0 Å². The first-order chi connectivity index (χ1) is 51.5. The van der Waals surface area contributed by atoms with Gasteiger partial charge in [0.25, 0.3) is 0 Å². The van der Waals surface area contributed by atoms with Crippen LogP contribution in [0.25, 0.3) is 0 Å². The molecule has 0 aliphatic heterocycles. The van der Waals surface area contributed by atoms with Gasteiger partial charge in [-0.25, -0.2) is 9.13 Å². The Morgan fingerprint density at radius 1 is 0.255 bits per heavy atom. The molecule has 19 heteroatoms. The molecule has 0 aliphatic rings. The second kappa shape index (κ2) is 79.7. The van der Waals surface area contributed by atoms with Crippen molar-refractivity contribution in [3.63, 3.8) is 0 Å². The number of aliphatic hydroxyl groups excluding tert-OH is 1. The molecule has 0 saturated heterocycles. The molecule has 0 fully saturated rings. The van der Waals surface area contributed by atoms with Gasteiger partial charge in [0, 0.05) is 25.7 Å². The van der Waals surface area contributed by atoms with Crippen LogP contribution in [0.5, 0.6) is 0 Å². The van der Waals surface area contributed by atoms with Crippen molar-refractivity contribution in [2.24, 2.45) is 5.92 Å². The lowest BCUT2D eigenvalue weighted by Crippen LogP contribution is -2.30. The van der Waals surface area contributed by atoms with Gasteiger partial charge >= 0.3 is 39.5 Å². The Labute approximate surface area is 651 Å². The van der Waals surface area contributed by atoms with Crippen LogP contribution in [-0.4, -0.2) is 96.7 Å². The van der Waals surface area contributed by atoms with Crippen molar-refractivity contribution in [3.05, 3.63) is 0 Å². The average molecular weight is 1550 g/mol. The number of carbonyl (C=O) groups is 4. The third-order valence-electron chi connectivity index (χ3n) is 20.5. The molecule has 0 rings (SSSR count). The van der Waals surface area contributed by atoms with E-state index in [1.54, 1.807) is 0 Å². The molecule has 0 aliphatic carbocycles. The smallest absolute Gasteiger partial charge is 0.462 e. The number of phosphoric ester groups is 2. The summed E-state index contributed by atoms with van der Waals surface area (Å²) in [5.41, 5.74) is 0. The SMILES string of the molecule is CCCCCCCCCCCCCCCCCCCCCCC(=O)OC[C@H](COP(=O)(O)OC[C@@H](O)COP(=O)(O)OC[C@@H](COC(=O)CCCCCCCCCCCCCCC)OC(=O)CCCCCCCCCCCCC(C)C)OC(=O)CCCCCCCCCCCCCCCCCCCCCC. The molecule has 2 unspecified atom stereocenters. The molecular weight excluding hydrogens is 1380 g/mol. The van der Waals surface area contributed by atoms with Crippen molar-refractivity contribution >= 4 is 39.5 Å². The standard InChI is InChI=1S/C87H170O17P2/c1-6-9-12-15-18-21-24-27-29-31-33-35-37-39-42-45-51-56-61-66-71-85(90)98-76-82(103-86(91)72-67-62-57-52-46-43-40-38-36-34-32-30-28-25-22-19-16-13-10-7-2)78-101-105(93,94)99-74-81(88)75-100-106(95,96)102-79-83(104-87(92)73-68-63-58-53-48-47-49-54-59-64-69-80(4)5)77-97-84(89)70-65-60-55-50-44-41-26-23-20-17-14-11-8-3/h80-83,88H,6-79H2,1-5H3,(H,93,94)(H,95,96)/t81-,82-,83-/m1/s1. The highest BCUT2D eigenvalue weighted by molar-refractivity contribution is 7.47. The highest BCUT2D eigenvalue weighted by Gasteiger charge is 2.30. The predicted octanol–water partition coefficient (Wildman–Crippen LogP) is 26.8. The van der Waals surface area contributed by atoms with Crippen LogP contribution >= 0.6 is 15.6 Å². The summed E-state index contributed by atoms with van der Waals surface area (Å²) in [4.78, 5) is 73.3. The van der Waals surface area contributed by atoms with Crippen LogP contribution < -0.4 is 0 Å². The molecule has 0 spiro atoms. The highest BCUT2D eigenvalue weighted by atomic mass is 31.2. The second-order valence-corrected chi connectivity index (χ2v) is 34.7. The molecule has 0 heterocycles. The molecule has 106 heavy (non-hydrogen) atoms. The van der Waals surface area contributed by atoms with E-state index in [4.69, 9.17) is 37.0 Å². The van der Waals surface area contributed by atoms with Gasteiger partial charge in [0.2, 0.25) is 0 Å². The third kappa shape index (κ3) is 80.1. The third-order valence-corrected chi connectivity index (χ3v) is 22.4. The van der Waals surface area contributed by atoms with Crippen molar-refractivity contribution in [2.45, 2.75) is 490 Å². The van der Waals surface area contributed by atoms with E-state index in [1.165, 1.54) is 295 Å². The fourth-order valence-electron chi connectivity index (χ4n) is 13.6. The van der Waals surface area contributed by atoms with Gasteiger partial charge in [-0.2, -0.15) is 0 Å². The maximum absolute atomic E-state index is 13.2. The largest absolute Gasteiger partial charge is 0.472 e. The van der Waals surface area contributed by atoms with E-state index in [2.05, 4.69) is 34.6 Å². The topological polar surface area (TPSA) is 237 Å². The number of unbranched alkanes of at least 4 members (excludes halogenated alkanes) is 59. The molecule has 0 aromatic carbocycles. The van der Waals surface area contributed by atoms with E-state index in [9.17, 15) is 43.2 Å². The maximum Gasteiger partial charge on any atom is 0.472 e. The van der Waals surface area contributed by atoms with E-state index in [0.717, 1.165) is 95.8 Å². The number of hydrogen-bond acceptors (Lipinski definition) is 15. The summed E-state index contributed by atoms with van der Waals surface area (Å²) >= 11 is 0. The van der Waals surface area contributed by atoms with Crippen molar-refractivity contribution in [1.82, 2.24) is 0 Å². The molecule has 0 aromatic rings. The first-order valence-corrected chi connectivity index (χ1v) is 48.1. The lowest BCUT2D eigenvalue weighted by atomic mass is 10.0. The van der Waals surface area contributed by atoms with E-state index in [1.807, 2.05) is 0 Å². The average Bonchev–Trinajstić information content (AvgIpc) is 0.903. The predicted molar refractivity (Wildman–Crippen MR) is 437 cm³/mol. The van der Waals surface area contributed by atoms with Crippen molar-refractivity contribution in [2.75, 3.05) is 39.6 Å². The summed E-state index contributed by atoms with van der Waals surface area (Å²) in [5, 5.41) is 10.7. The fraction of sp³-hybridized carbons (Fsp3) is 0.954. The molecule has 3 N–H and O–H groups in total. The van der Waals surface area contributed by atoms with Crippen LogP contribution in [0.15, 0.2) is 0 Å². The van der Waals surface area contributed by atoms with Gasteiger partial charge in [-0.15, -0.1) is 0 Å². The number of hydrogen-bond donors (Lipinski definition) is 3. The Bertz CT molecular complexity index is 2010. The summed E-state index contributed by atoms with van der Waals surface area (Å²) in [5.74, 6) is -1.35. The number of phosphoric acid groups is 2. The van der Waals surface area contributed by atoms with Crippen LogP contribution in [0.3, 0.4) is 0 Å². The van der Waals surface area contributed by atoms with Crippen LogP contribution in [0.1, 0.15) is 471 Å². The Hall–Kier alpha value is -1.94. The van der Waals surface area contributed by atoms with Gasteiger partial charge in [-0.1, -0.05) is 420 Å². The zero-order chi connectivity index (χ0) is 77.6. The minimum atomic E-state index is -4.97. The van der Waals surface area contributed by atoms with Crippen LogP contribution in [-0.2, 0) is 65.4 Å². The molecule has 17 nitrogen and oxygen atoms in total. The molecule has 630 valence electrons. The van der Waals surface area contributed by atoms with Crippen molar-refractivity contribution < 1.29 is 80.2 Å². The number of ether oxygens (including phenoxy) is 4. The highest BCUT2D eigenvalue weighted by Crippen LogP contribution is 2.45. The van der Waals surface area contributed by atoms with Gasteiger partial charge in [-0.05, 0) is 31.6 Å². The lowest BCUT2D eigenvalue weighted by Gasteiger charge is -2.21. The first-order valence-electron chi connectivity index (χ1n) is 45.1. The molecule has 0 bridgehead atoms. The summed E-state index contributed by atoms with van der Waals surface area (Å²) in [6, 6.07) is 0. The summed E-state index contributed by atoms with van der Waals surface area (Å²) in [6.07, 6.45) is 73.6. The number of rotatable bonds is 87. The van der Waals surface area contributed by atoms with Gasteiger partial charge in [0.1, 0.15) is 19.3 Å². The monoisotopic (exact) mass is 1550 g/mol. The van der Waals surface area contributed by atoms with Gasteiger partial charge < -0.3 is 33.8 Å². The van der Waals surface area contributed by atoms with E-state index in [0.29, 0.717) is 25.7 Å². The minimum absolute atomic E-state index is 0.107. The van der Waals surface area contributed by atoms with E-state index >= 15 is 0 Å². The quantitative estimate of drug-likeness (QED) is 0.0222. The Morgan fingerprint density at radius 3 is 0.642 bits per heavy atom. The molecule has 5 atom stereocenters. The van der Waals surface area contributed by atoms with Crippen molar-refractivity contribution in [1.29, 1.82) is 0 Å². The van der Waals surface area contributed by atoms with Crippen LogP contribution in [0.4, 0.5) is 0 Å². The molecule has 0 radical (unpaired) electrons. The van der Waals surface area contributed by atoms with E-state index < -0.39 is 97.5 Å². The molecule has 0 aromatic heterocycles. The van der Waals surface area contributed by atoms with Gasteiger partial charge in [0.15, 0.2) is 12.2 Å². The first kappa shape index (κ1) is 104. The zero-order valence-electron chi connectivity index (χ0n) is 69.6.